The molecule has 170 valence electrons. The van der Waals surface area contributed by atoms with Gasteiger partial charge < -0.3 is 20.4 Å². The Kier molecular flexibility index (Phi) is 7.08. The Morgan fingerprint density at radius 1 is 0.939 bits per heavy atom. The second-order valence-corrected chi connectivity index (χ2v) is 8.43. The Balaban J connectivity index is 1.41. The highest BCUT2D eigenvalue weighted by Crippen LogP contribution is 2.25. The molecule has 3 aromatic rings. The van der Waals surface area contributed by atoms with Crippen LogP contribution < -0.4 is 10.6 Å². The van der Waals surface area contributed by atoms with Gasteiger partial charge in [0.1, 0.15) is 5.82 Å². The number of anilines is 3. The zero-order valence-electron chi connectivity index (χ0n) is 17.9. The Labute approximate surface area is 201 Å². The van der Waals surface area contributed by atoms with Gasteiger partial charge in [0.25, 0.3) is 11.8 Å². The first kappa shape index (κ1) is 23.0. The van der Waals surface area contributed by atoms with Gasteiger partial charge in [-0.25, -0.2) is 4.98 Å². The summed E-state index contributed by atoms with van der Waals surface area (Å²) in [7, 11) is 2.05. The van der Waals surface area contributed by atoms with Crippen LogP contribution in [-0.4, -0.2) is 64.8 Å². The number of nitrogens with one attached hydrogen (secondary N) is 2. The highest BCUT2D eigenvalue weighted by molar-refractivity contribution is 6.40. The third-order valence-electron chi connectivity index (χ3n) is 5.27. The molecule has 0 spiro atoms. The minimum Gasteiger partial charge on any atom is -0.336 e. The molecule has 33 heavy (non-hydrogen) atoms. The van der Waals surface area contributed by atoms with E-state index < -0.39 is 5.91 Å². The lowest BCUT2D eigenvalue weighted by molar-refractivity contribution is 0.0664. The fourth-order valence-corrected chi connectivity index (χ4v) is 3.97. The van der Waals surface area contributed by atoms with Gasteiger partial charge in [-0.15, -0.1) is 0 Å². The van der Waals surface area contributed by atoms with E-state index >= 15 is 0 Å². The summed E-state index contributed by atoms with van der Waals surface area (Å²) < 4.78 is 0. The SMILES string of the molecule is CN1CCN(C(=O)c2ccc(Nc3nccc(NC(=O)c4c(Cl)cccc4Cl)n3)cc2)CC1. The van der Waals surface area contributed by atoms with Crippen molar-refractivity contribution in [3.8, 4) is 0 Å². The van der Waals surface area contributed by atoms with E-state index in [1.54, 1.807) is 48.5 Å². The molecule has 1 saturated heterocycles. The molecule has 10 heteroatoms. The van der Waals surface area contributed by atoms with E-state index in [-0.39, 0.29) is 33.3 Å². The number of hydrogen-bond acceptors (Lipinski definition) is 6. The molecule has 4 rings (SSSR count). The molecule has 2 heterocycles. The molecule has 0 saturated carbocycles. The third kappa shape index (κ3) is 5.60. The number of hydrogen-bond donors (Lipinski definition) is 2. The van der Waals surface area contributed by atoms with Crippen molar-refractivity contribution in [3.63, 3.8) is 0 Å². The number of nitrogens with zero attached hydrogens (tertiary/aromatic N) is 4. The van der Waals surface area contributed by atoms with Crippen LogP contribution in [0.2, 0.25) is 10.0 Å². The van der Waals surface area contributed by atoms with Crippen molar-refractivity contribution in [1.82, 2.24) is 19.8 Å². The average Bonchev–Trinajstić information content (AvgIpc) is 2.80. The van der Waals surface area contributed by atoms with Crippen LogP contribution in [0, 0.1) is 0 Å². The van der Waals surface area contributed by atoms with Crippen molar-refractivity contribution in [3.05, 3.63) is 75.9 Å². The van der Waals surface area contributed by atoms with Gasteiger partial charge >= 0.3 is 0 Å². The van der Waals surface area contributed by atoms with E-state index in [9.17, 15) is 9.59 Å². The maximum absolute atomic E-state index is 12.7. The lowest BCUT2D eigenvalue weighted by atomic mass is 10.1. The van der Waals surface area contributed by atoms with Crippen molar-refractivity contribution >= 4 is 52.5 Å². The van der Waals surface area contributed by atoms with E-state index in [1.165, 1.54) is 6.20 Å². The molecule has 0 aliphatic carbocycles. The summed E-state index contributed by atoms with van der Waals surface area (Å²) in [4.78, 5) is 37.8. The molecule has 1 fully saturated rings. The van der Waals surface area contributed by atoms with E-state index in [4.69, 9.17) is 23.2 Å². The van der Waals surface area contributed by atoms with Gasteiger partial charge in [0.2, 0.25) is 5.95 Å². The van der Waals surface area contributed by atoms with Gasteiger partial charge in [-0.05, 0) is 49.5 Å². The molecule has 0 unspecified atom stereocenters. The number of rotatable bonds is 5. The Hall–Kier alpha value is -3.20. The highest BCUT2D eigenvalue weighted by atomic mass is 35.5. The predicted molar refractivity (Wildman–Crippen MR) is 130 cm³/mol. The van der Waals surface area contributed by atoms with Crippen LogP contribution in [0.25, 0.3) is 0 Å². The van der Waals surface area contributed by atoms with Crippen LogP contribution >= 0.6 is 23.2 Å². The largest absolute Gasteiger partial charge is 0.336 e. The highest BCUT2D eigenvalue weighted by Gasteiger charge is 2.20. The van der Waals surface area contributed by atoms with Gasteiger partial charge in [-0.1, -0.05) is 29.3 Å². The minimum atomic E-state index is -0.470. The number of carbonyl (C=O) groups is 2. The molecule has 2 aromatic carbocycles. The Morgan fingerprint density at radius 3 is 2.27 bits per heavy atom. The fourth-order valence-electron chi connectivity index (χ4n) is 3.40. The van der Waals surface area contributed by atoms with Crippen LogP contribution in [0.4, 0.5) is 17.5 Å². The smallest absolute Gasteiger partial charge is 0.259 e. The predicted octanol–water partition coefficient (Wildman–Crippen LogP) is 4.17. The second-order valence-electron chi connectivity index (χ2n) is 7.61. The number of amides is 2. The molecule has 1 aliphatic rings. The van der Waals surface area contributed by atoms with Crippen LogP contribution in [0.5, 0.6) is 0 Å². The quantitative estimate of drug-likeness (QED) is 0.564. The van der Waals surface area contributed by atoms with Gasteiger partial charge in [0.15, 0.2) is 0 Å². The van der Waals surface area contributed by atoms with Crippen LogP contribution in [0.1, 0.15) is 20.7 Å². The van der Waals surface area contributed by atoms with Crippen LogP contribution in [0.3, 0.4) is 0 Å². The van der Waals surface area contributed by atoms with Gasteiger partial charge in [0, 0.05) is 43.6 Å². The fraction of sp³-hybridized carbons (Fsp3) is 0.217. The maximum Gasteiger partial charge on any atom is 0.259 e. The summed E-state index contributed by atoms with van der Waals surface area (Å²) >= 11 is 12.2. The van der Waals surface area contributed by atoms with E-state index in [0.29, 0.717) is 11.3 Å². The van der Waals surface area contributed by atoms with Crippen LogP contribution in [0.15, 0.2) is 54.7 Å². The number of aromatic nitrogens is 2. The first-order valence-electron chi connectivity index (χ1n) is 10.3. The van der Waals surface area contributed by atoms with Crippen molar-refractivity contribution in [1.29, 1.82) is 0 Å². The molecule has 1 aromatic heterocycles. The molecular formula is C23H22Cl2N6O2. The summed E-state index contributed by atoms with van der Waals surface area (Å²) in [6.45, 7) is 3.19. The zero-order chi connectivity index (χ0) is 23.4. The topological polar surface area (TPSA) is 90.5 Å². The lowest BCUT2D eigenvalue weighted by Gasteiger charge is -2.32. The average molecular weight is 485 g/mol. The van der Waals surface area contributed by atoms with E-state index in [1.807, 2.05) is 4.90 Å². The maximum atomic E-state index is 12.7. The van der Waals surface area contributed by atoms with E-state index in [0.717, 1.165) is 26.2 Å². The number of likely N-dealkylation sites (N-methyl/N-ethyl adjacent to an activating group) is 1. The minimum absolute atomic E-state index is 0.0221. The Bertz CT molecular complexity index is 1140. The number of halogens is 2. The third-order valence-corrected chi connectivity index (χ3v) is 5.90. The first-order chi connectivity index (χ1) is 15.9. The van der Waals surface area contributed by atoms with Gasteiger partial charge in [0.05, 0.1) is 15.6 Å². The van der Waals surface area contributed by atoms with E-state index in [2.05, 4.69) is 32.5 Å². The van der Waals surface area contributed by atoms with Gasteiger partial charge in [-0.3, -0.25) is 9.59 Å². The monoisotopic (exact) mass is 484 g/mol. The normalized spacial score (nSPS) is 14.1. The molecule has 0 atom stereocenters. The summed E-state index contributed by atoms with van der Waals surface area (Å²) in [6.07, 6.45) is 1.52. The first-order valence-corrected chi connectivity index (χ1v) is 11.1. The Morgan fingerprint density at radius 2 is 1.61 bits per heavy atom. The number of benzene rings is 2. The summed E-state index contributed by atoms with van der Waals surface area (Å²) in [5.74, 6) is 0.127. The van der Waals surface area contributed by atoms with Crippen molar-refractivity contribution in [2.45, 2.75) is 0 Å². The molecule has 0 radical (unpaired) electrons. The van der Waals surface area contributed by atoms with Crippen LogP contribution in [-0.2, 0) is 0 Å². The molecular weight excluding hydrogens is 463 g/mol. The van der Waals surface area contributed by atoms with Gasteiger partial charge in [-0.2, -0.15) is 4.98 Å². The van der Waals surface area contributed by atoms with Crippen molar-refractivity contribution < 1.29 is 9.59 Å². The number of piperazine rings is 1. The summed E-state index contributed by atoms with van der Waals surface area (Å²) in [6, 6.07) is 13.5. The molecule has 8 nitrogen and oxygen atoms in total. The molecule has 1 aliphatic heterocycles. The standard InChI is InChI=1S/C23H22Cl2N6O2/c1-30-11-13-31(14-12-30)22(33)15-5-7-16(8-6-15)27-23-26-10-9-19(29-23)28-21(32)20-17(24)3-2-4-18(20)25/h2-10H,11-14H2,1H3,(H2,26,27,28,29,32). The number of carbonyl (C=O) groups excluding carboxylic acids is 2. The lowest BCUT2D eigenvalue weighted by Crippen LogP contribution is -2.47. The summed E-state index contributed by atoms with van der Waals surface area (Å²) in [5, 5.41) is 6.25. The second kappa shape index (κ2) is 10.2. The molecule has 2 amide bonds. The van der Waals surface area contributed by atoms with Crippen molar-refractivity contribution in [2.75, 3.05) is 43.9 Å². The van der Waals surface area contributed by atoms with Crippen molar-refractivity contribution in [2.24, 2.45) is 0 Å². The molecule has 2 N–H and O–H groups in total. The molecule has 0 bridgehead atoms. The zero-order valence-corrected chi connectivity index (χ0v) is 19.4. The summed E-state index contributed by atoms with van der Waals surface area (Å²) in [5.41, 5.74) is 1.51.